The number of pyridine rings is 2. The van der Waals surface area contributed by atoms with Crippen LogP contribution in [0.1, 0.15) is 21.6 Å². The molecule has 1 aromatic carbocycles. The Hall–Kier alpha value is -4.71. The maximum atomic E-state index is 13.0. The van der Waals surface area contributed by atoms with Gasteiger partial charge in [0.15, 0.2) is 0 Å². The maximum absolute atomic E-state index is 13.0. The molecule has 12 heteroatoms. The number of halogens is 3. The number of anilines is 2. The Balaban J connectivity index is 1.59. The Labute approximate surface area is 215 Å². The van der Waals surface area contributed by atoms with Crippen molar-refractivity contribution in [2.75, 3.05) is 24.4 Å². The van der Waals surface area contributed by atoms with E-state index in [1.165, 1.54) is 19.4 Å². The molecule has 4 rings (SSSR count). The van der Waals surface area contributed by atoms with Crippen molar-refractivity contribution in [3.8, 4) is 22.5 Å². The van der Waals surface area contributed by atoms with Gasteiger partial charge in [0.1, 0.15) is 18.1 Å². The predicted molar refractivity (Wildman–Crippen MR) is 133 cm³/mol. The van der Waals surface area contributed by atoms with Gasteiger partial charge in [0, 0.05) is 41.9 Å². The fourth-order valence-electron chi connectivity index (χ4n) is 3.51. The van der Waals surface area contributed by atoms with Crippen LogP contribution in [0.25, 0.3) is 22.5 Å². The second-order valence-electron chi connectivity index (χ2n) is 8.11. The summed E-state index contributed by atoms with van der Waals surface area (Å²) in [6, 6.07) is 10.3. The first-order valence-electron chi connectivity index (χ1n) is 11.2. The van der Waals surface area contributed by atoms with Gasteiger partial charge in [0.05, 0.1) is 23.8 Å². The molecule has 0 aliphatic heterocycles. The number of rotatable bonds is 7. The number of hydrogen-bond donors (Lipinski definition) is 2. The highest BCUT2D eigenvalue weighted by molar-refractivity contribution is 6.04. The lowest BCUT2D eigenvalue weighted by atomic mass is 10.0. The third-order valence-electron chi connectivity index (χ3n) is 5.32. The van der Waals surface area contributed by atoms with Crippen LogP contribution >= 0.6 is 0 Å². The fourth-order valence-corrected chi connectivity index (χ4v) is 3.51. The molecule has 0 saturated heterocycles. The Morgan fingerprint density at radius 3 is 2.47 bits per heavy atom. The number of carbonyl (C=O) groups is 2. The number of alkyl halides is 3. The summed E-state index contributed by atoms with van der Waals surface area (Å²) in [5.74, 6) is -0.748. The van der Waals surface area contributed by atoms with Gasteiger partial charge >= 0.3 is 6.18 Å². The van der Waals surface area contributed by atoms with Gasteiger partial charge in [-0.25, -0.2) is 9.97 Å². The van der Waals surface area contributed by atoms with E-state index in [9.17, 15) is 22.8 Å². The van der Waals surface area contributed by atoms with Gasteiger partial charge in [0.2, 0.25) is 0 Å². The van der Waals surface area contributed by atoms with Gasteiger partial charge in [-0.3, -0.25) is 19.6 Å². The summed E-state index contributed by atoms with van der Waals surface area (Å²) in [4.78, 5) is 40.8. The van der Waals surface area contributed by atoms with E-state index in [2.05, 4.69) is 30.6 Å². The number of nitrogens with zero attached hydrogens (tertiary/aromatic N) is 4. The van der Waals surface area contributed by atoms with Crippen molar-refractivity contribution in [1.29, 1.82) is 0 Å². The number of benzene rings is 1. The Morgan fingerprint density at radius 2 is 1.71 bits per heavy atom. The second-order valence-corrected chi connectivity index (χ2v) is 8.11. The molecule has 0 spiro atoms. The number of amides is 2. The van der Waals surface area contributed by atoms with Gasteiger partial charge < -0.3 is 15.4 Å². The smallest absolute Gasteiger partial charge is 0.375 e. The summed E-state index contributed by atoms with van der Waals surface area (Å²) in [7, 11) is 1.41. The van der Waals surface area contributed by atoms with E-state index in [0.717, 1.165) is 11.8 Å². The van der Waals surface area contributed by atoms with Gasteiger partial charge in [-0.05, 0) is 48.9 Å². The minimum atomic E-state index is -4.66. The molecule has 0 atom stereocenters. The first-order chi connectivity index (χ1) is 18.1. The van der Waals surface area contributed by atoms with Crippen LogP contribution < -0.4 is 10.6 Å². The number of nitrogens with one attached hydrogen (secondary N) is 2. The quantitative estimate of drug-likeness (QED) is 0.359. The molecule has 9 nitrogen and oxygen atoms in total. The zero-order valence-electron chi connectivity index (χ0n) is 20.2. The van der Waals surface area contributed by atoms with Crippen LogP contribution in [0.3, 0.4) is 0 Å². The number of aromatic nitrogens is 4. The first-order valence-corrected chi connectivity index (χ1v) is 11.2. The molecule has 2 amide bonds. The monoisotopic (exact) mass is 522 g/mol. The predicted octanol–water partition coefficient (Wildman–Crippen LogP) is 4.77. The topological polar surface area (TPSA) is 119 Å². The van der Waals surface area contributed by atoms with Gasteiger partial charge in [0.25, 0.3) is 11.8 Å². The van der Waals surface area contributed by atoms with E-state index in [-0.39, 0.29) is 18.1 Å². The van der Waals surface area contributed by atoms with E-state index < -0.39 is 17.8 Å². The molecule has 3 heterocycles. The van der Waals surface area contributed by atoms with Crippen LogP contribution in [0.5, 0.6) is 0 Å². The largest absolute Gasteiger partial charge is 0.433 e. The summed E-state index contributed by atoms with van der Waals surface area (Å²) in [5, 5.41) is 5.25. The summed E-state index contributed by atoms with van der Waals surface area (Å²) in [6.45, 7) is 1.74. The minimum Gasteiger partial charge on any atom is -0.375 e. The lowest BCUT2D eigenvalue weighted by molar-refractivity contribution is -0.141. The lowest BCUT2D eigenvalue weighted by Gasteiger charge is -2.12. The number of carbonyl (C=O) groups excluding carboxylic acids is 2. The maximum Gasteiger partial charge on any atom is 0.433 e. The third-order valence-corrected chi connectivity index (χ3v) is 5.32. The molecule has 194 valence electrons. The molecule has 3 aromatic heterocycles. The molecule has 0 fully saturated rings. The van der Waals surface area contributed by atoms with Crippen molar-refractivity contribution in [3.05, 3.63) is 84.1 Å². The van der Waals surface area contributed by atoms with Crippen LogP contribution in [-0.2, 0) is 15.7 Å². The van der Waals surface area contributed by atoms with Gasteiger partial charge in [-0.2, -0.15) is 13.2 Å². The van der Waals surface area contributed by atoms with Crippen LogP contribution in [0.2, 0.25) is 0 Å². The molecule has 0 radical (unpaired) electrons. The summed E-state index contributed by atoms with van der Waals surface area (Å²) in [6.07, 6.45) is 0.909. The number of ether oxygens (including phenoxy) is 1. The first kappa shape index (κ1) is 26.4. The van der Waals surface area contributed by atoms with Gasteiger partial charge in [-0.1, -0.05) is 6.07 Å². The highest BCUT2D eigenvalue weighted by atomic mass is 19.4. The molecule has 2 N–H and O–H groups in total. The van der Waals surface area contributed by atoms with E-state index in [1.54, 1.807) is 42.7 Å². The average molecular weight is 522 g/mol. The highest BCUT2D eigenvalue weighted by Gasteiger charge is 2.33. The van der Waals surface area contributed by atoms with Crippen molar-refractivity contribution in [3.63, 3.8) is 0 Å². The van der Waals surface area contributed by atoms with E-state index >= 15 is 0 Å². The zero-order chi connectivity index (χ0) is 27.3. The molecule has 0 aliphatic carbocycles. The molecular weight excluding hydrogens is 501 g/mol. The van der Waals surface area contributed by atoms with Crippen molar-refractivity contribution < 1.29 is 27.5 Å². The Morgan fingerprint density at radius 1 is 0.947 bits per heavy atom. The summed E-state index contributed by atoms with van der Waals surface area (Å²) < 4.78 is 43.7. The number of hydrogen-bond acceptors (Lipinski definition) is 7. The second kappa shape index (κ2) is 11.1. The molecule has 0 aliphatic rings. The molecule has 0 bridgehead atoms. The molecule has 0 unspecified atom stereocenters. The van der Waals surface area contributed by atoms with Crippen LogP contribution in [0.4, 0.5) is 24.7 Å². The fraction of sp³-hybridized carbons (Fsp3) is 0.154. The average Bonchev–Trinajstić information content (AvgIpc) is 2.89. The van der Waals surface area contributed by atoms with Crippen LogP contribution in [0, 0.1) is 6.92 Å². The Bertz CT molecular complexity index is 1490. The standard InChI is InChI=1S/C26H21F3N6O3/c1-15-3-4-18(33-25(37)17-6-7-31-22(9-17)26(27,28)29)11-19(15)21-13-30-12-20(34-21)16-5-8-32-23(10-16)35-24(36)14-38-2/h3-13H,14H2,1-2H3,(H,33,37)(H,32,35,36). The number of methoxy groups -OCH3 is 1. The van der Waals surface area contributed by atoms with Crippen LogP contribution in [-0.4, -0.2) is 45.5 Å². The molecule has 0 saturated carbocycles. The number of aryl methyl sites for hydroxylation is 1. The molecular formula is C26H21F3N6O3. The van der Waals surface area contributed by atoms with E-state index in [1.807, 2.05) is 6.92 Å². The van der Waals surface area contributed by atoms with E-state index in [4.69, 9.17) is 4.74 Å². The van der Waals surface area contributed by atoms with Crippen molar-refractivity contribution in [1.82, 2.24) is 19.9 Å². The third kappa shape index (κ3) is 6.34. The van der Waals surface area contributed by atoms with Gasteiger partial charge in [-0.15, -0.1) is 0 Å². The normalized spacial score (nSPS) is 11.2. The molecule has 4 aromatic rings. The highest BCUT2D eigenvalue weighted by Crippen LogP contribution is 2.29. The lowest BCUT2D eigenvalue weighted by Crippen LogP contribution is -2.17. The Kier molecular flexibility index (Phi) is 7.72. The SMILES string of the molecule is COCC(=O)Nc1cc(-c2cncc(-c3cc(NC(=O)c4ccnc(C(F)(F)F)c4)ccc3C)n2)ccn1. The van der Waals surface area contributed by atoms with E-state index in [0.29, 0.717) is 40.1 Å². The van der Waals surface area contributed by atoms with Crippen molar-refractivity contribution in [2.24, 2.45) is 0 Å². The van der Waals surface area contributed by atoms with Crippen LogP contribution in [0.15, 0.2) is 67.3 Å². The van der Waals surface area contributed by atoms with Crippen molar-refractivity contribution >= 4 is 23.3 Å². The summed E-state index contributed by atoms with van der Waals surface area (Å²) in [5.41, 5.74) is 2.19. The summed E-state index contributed by atoms with van der Waals surface area (Å²) >= 11 is 0. The zero-order valence-corrected chi connectivity index (χ0v) is 20.2. The minimum absolute atomic E-state index is 0.113. The van der Waals surface area contributed by atoms with Crippen molar-refractivity contribution in [2.45, 2.75) is 13.1 Å². The molecule has 38 heavy (non-hydrogen) atoms.